The molecule has 0 aliphatic rings. The molecule has 0 aliphatic carbocycles. The van der Waals surface area contributed by atoms with Gasteiger partial charge in [0, 0.05) is 22.4 Å². The Morgan fingerprint density at radius 1 is 0.939 bits per heavy atom. The molecule has 0 saturated carbocycles. The smallest absolute Gasteiger partial charge is 0.354 e. The van der Waals surface area contributed by atoms with Gasteiger partial charge in [0.2, 0.25) is 0 Å². The van der Waals surface area contributed by atoms with E-state index >= 15 is 0 Å². The predicted molar refractivity (Wildman–Crippen MR) is 124 cm³/mol. The van der Waals surface area contributed by atoms with Crippen molar-refractivity contribution >= 4 is 33.5 Å². The van der Waals surface area contributed by atoms with Crippen LogP contribution in [0.25, 0.3) is 11.1 Å². The van der Waals surface area contributed by atoms with Crippen LogP contribution in [0.5, 0.6) is 5.75 Å². The number of amides is 1. The molecule has 0 fully saturated rings. The van der Waals surface area contributed by atoms with Crippen LogP contribution in [-0.4, -0.2) is 39.5 Å². The molecule has 33 heavy (non-hydrogen) atoms. The van der Waals surface area contributed by atoms with Crippen molar-refractivity contribution in [3.05, 3.63) is 83.4 Å². The van der Waals surface area contributed by atoms with Crippen molar-refractivity contribution in [1.29, 1.82) is 5.41 Å². The highest BCUT2D eigenvalue weighted by molar-refractivity contribution is 7.86. The maximum atomic E-state index is 13.1. The minimum Gasteiger partial charge on any atom is -0.497 e. The van der Waals surface area contributed by atoms with Gasteiger partial charge in [0.05, 0.1) is 18.9 Å². The first-order chi connectivity index (χ1) is 15.6. The summed E-state index contributed by atoms with van der Waals surface area (Å²) >= 11 is 0. The first-order valence-corrected chi connectivity index (χ1v) is 11.4. The lowest BCUT2D eigenvalue weighted by molar-refractivity contribution is 0.0748. The lowest BCUT2D eigenvalue weighted by atomic mass is 9.94. The average molecular weight is 468 g/mol. The number of hydrogen-bond donors (Lipinski definition) is 3. The topological polar surface area (TPSA) is 149 Å². The molecular weight excluding hydrogens is 446 g/mol. The van der Waals surface area contributed by atoms with Gasteiger partial charge in [-0.2, -0.15) is 8.42 Å². The largest absolute Gasteiger partial charge is 0.497 e. The van der Waals surface area contributed by atoms with Crippen LogP contribution in [0.2, 0.25) is 0 Å². The Bertz CT molecular complexity index is 1330. The number of carbonyl (C=O) groups excluding carboxylic acids is 2. The second kappa shape index (κ2) is 9.53. The summed E-state index contributed by atoms with van der Waals surface area (Å²) in [4.78, 5) is 25.6. The van der Waals surface area contributed by atoms with Gasteiger partial charge in [-0.05, 0) is 54.1 Å². The summed E-state index contributed by atoms with van der Waals surface area (Å²) in [6.45, 7) is 0. The zero-order valence-corrected chi connectivity index (χ0v) is 18.6. The minimum atomic E-state index is -4.05. The van der Waals surface area contributed by atoms with Gasteiger partial charge >= 0.3 is 16.1 Å². The number of anilines is 1. The molecule has 3 aromatic rings. The lowest BCUT2D eigenvalue weighted by Gasteiger charge is -2.15. The molecule has 0 radical (unpaired) electrons. The van der Waals surface area contributed by atoms with Crippen molar-refractivity contribution in [2.75, 3.05) is 18.7 Å². The van der Waals surface area contributed by atoms with E-state index in [0.29, 0.717) is 22.6 Å². The SMILES string of the molecule is COc1ccc(C(=O)OS(C)(=O)=O)c(-c2ccccc2C(=O)Nc2ccc(C(=N)N)cc2)c1. The van der Waals surface area contributed by atoms with Gasteiger partial charge in [0.25, 0.3) is 5.91 Å². The van der Waals surface area contributed by atoms with Gasteiger partial charge < -0.3 is 20.0 Å². The summed E-state index contributed by atoms with van der Waals surface area (Å²) in [5, 5.41) is 10.2. The third-order valence-corrected chi connectivity index (χ3v) is 5.04. The van der Waals surface area contributed by atoms with E-state index in [2.05, 4.69) is 9.50 Å². The Labute approximate surface area is 190 Å². The van der Waals surface area contributed by atoms with Crippen LogP contribution in [0.3, 0.4) is 0 Å². The van der Waals surface area contributed by atoms with Crippen LogP contribution in [0.15, 0.2) is 66.7 Å². The number of hydrogen-bond acceptors (Lipinski definition) is 7. The van der Waals surface area contributed by atoms with Gasteiger partial charge in [-0.25, -0.2) is 4.79 Å². The summed E-state index contributed by atoms with van der Waals surface area (Å²) in [5.74, 6) is -1.24. The number of benzene rings is 3. The zero-order chi connectivity index (χ0) is 24.2. The van der Waals surface area contributed by atoms with Crippen LogP contribution in [0.1, 0.15) is 26.3 Å². The Morgan fingerprint density at radius 2 is 1.61 bits per heavy atom. The molecule has 0 aromatic heterocycles. The van der Waals surface area contributed by atoms with Crippen LogP contribution in [0.4, 0.5) is 5.69 Å². The Balaban J connectivity index is 2.03. The van der Waals surface area contributed by atoms with E-state index in [1.54, 1.807) is 48.5 Å². The third-order valence-electron chi connectivity index (χ3n) is 4.59. The van der Waals surface area contributed by atoms with Crippen LogP contribution in [-0.2, 0) is 14.3 Å². The second-order valence-corrected chi connectivity index (χ2v) is 8.55. The maximum absolute atomic E-state index is 13.1. The van der Waals surface area contributed by atoms with Gasteiger partial charge in [-0.1, -0.05) is 18.2 Å². The van der Waals surface area contributed by atoms with Crippen molar-refractivity contribution in [1.82, 2.24) is 0 Å². The summed E-state index contributed by atoms with van der Waals surface area (Å²) in [6, 6.07) is 17.3. The number of amidine groups is 1. The molecule has 3 aromatic carbocycles. The Morgan fingerprint density at radius 3 is 2.21 bits per heavy atom. The standard InChI is InChI=1S/C23H21N3O6S/c1-31-16-11-12-19(23(28)32-33(2,29)30)20(13-16)17-5-3-4-6-18(17)22(27)26-15-9-7-14(8-10-15)21(24)25/h3-13H,1-2H3,(H3,24,25)(H,26,27). The number of methoxy groups -OCH3 is 1. The van der Waals surface area contributed by atoms with E-state index in [1.165, 1.54) is 25.3 Å². The van der Waals surface area contributed by atoms with Crippen LogP contribution >= 0.6 is 0 Å². The van der Waals surface area contributed by atoms with E-state index in [1.807, 2.05) is 0 Å². The fourth-order valence-corrected chi connectivity index (χ4v) is 3.45. The number of nitrogen functional groups attached to an aromatic ring is 1. The van der Waals surface area contributed by atoms with Gasteiger partial charge in [-0.15, -0.1) is 0 Å². The monoisotopic (exact) mass is 467 g/mol. The quantitative estimate of drug-likeness (QED) is 0.275. The highest BCUT2D eigenvalue weighted by Gasteiger charge is 2.22. The molecule has 0 bridgehead atoms. The van der Waals surface area contributed by atoms with E-state index in [0.717, 1.165) is 6.26 Å². The molecule has 1 amide bonds. The number of ether oxygens (including phenoxy) is 1. The van der Waals surface area contributed by atoms with Crippen molar-refractivity contribution in [3.63, 3.8) is 0 Å². The molecule has 10 heteroatoms. The number of nitrogens with one attached hydrogen (secondary N) is 2. The number of rotatable bonds is 7. The molecule has 3 rings (SSSR count). The zero-order valence-electron chi connectivity index (χ0n) is 17.8. The van der Waals surface area contributed by atoms with Crippen LogP contribution in [0, 0.1) is 5.41 Å². The molecule has 0 aliphatic heterocycles. The lowest BCUT2D eigenvalue weighted by Crippen LogP contribution is -2.16. The van der Waals surface area contributed by atoms with E-state index < -0.39 is 22.0 Å². The highest BCUT2D eigenvalue weighted by Crippen LogP contribution is 2.32. The molecule has 0 atom stereocenters. The third kappa shape index (κ3) is 5.74. The van der Waals surface area contributed by atoms with Gasteiger partial charge in [0.15, 0.2) is 0 Å². The summed E-state index contributed by atoms with van der Waals surface area (Å²) < 4.78 is 32.7. The normalized spacial score (nSPS) is 10.8. The fraction of sp³-hybridized carbons (Fsp3) is 0.0870. The molecule has 0 heterocycles. The Kier molecular flexibility index (Phi) is 6.78. The maximum Gasteiger partial charge on any atom is 0.354 e. The molecule has 0 unspecified atom stereocenters. The first-order valence-electron chi connectivity index (χ1n) is 9.56. The summed E-state index contributed by atoms with van der Waals surface area (Å²) in [7, 11) is -2.61. The Hall–Kier alpha value is -4.18. The number of nitrogens with two attached hydrogens (primary N) is 1. The fourth-order valence-electron chi connectivity index (χ4n) is 3.08. The van der Waals surface area contributed by atoms with E-state index in [-0.39, 0.29) is 22.5 Å². The summed E-state index contributed by atoms with van der Waals surface area (Å²) in [6.07, 6.45) is 0.771. The molecule has 170 valence electrons. The van der Waals surface area contributed by atoms with Gasteiger partial charge in [0.1, 0.15) is 11.6 Å². The van der Waals surface area contributed by atoms with Crippen molar-refractivity contribution < 1.29 is 26.9 Å². The van der Waals surface area contributed by atoms with E-state index in [9.17, 15) is 18.0 Å². The predicted octanol–water partition coefficient (Wildman–Crippen LogP) is 3.01. The molecule has 9 nitrogen and oxygen atoms in total. The molecule has 0 spiro atoms. The van der Waals surface area contributed by atoms with Crippen molar-refractivity contribution in [3.8, 4) is 16.9 Å². The van der Waals surface area contributed by atoms with Crippen molar-refractivity contribution in [2.24, 2.45) is 5.73 Å². The van der Waals surface area contributed by atoms with Crippen LogP contribution < -0.4 is 15.8 Å². The molecule has 4 N–H and O–H groups in total. The van der Waals surface area contributed by atoms with Crippen molar-refractivity contribution in [2.45, 2.75) is 0 Å². The highest BCUT2D eigenvalue weighted by atomic mass is 32.2. The minimum absolute atomic E-state index is 0.0488. The van der Waals surface area contributed by atoms with Gasteiger partial charge in [-0.3, -0.25) is 10.2 Å². The molecule has 0 saturated heterocycles. The summed E-state index contributed by atoms with van der Waals surface area (Å²) in [5.41, 5.74) is 7.26. The first kappa shape index (κ1) is 23.5. The number of carbonyl (C=O) groups is 2. The molecular formula is C23H21N3O6S. The van der Waals surface area contributed by atoms with E-state index in [4.69, 9.17) is 15.9 Å². The average Bonchev–Trinajstić information content (AvgIpc) is 2.77. The second-order valence-electron chi connectivity index (χ2n) is 6.98.